The Labute approximate surface area is 104 Å². The lowest BCUT2D eigenvalue weighted by Gasteiger charge is -2.24. The highest BCUT2D eigenvalue weighted by molar-refractivity contribution is 7.81. The van der Waals surface area contributed by atoms with Gasteiger partial charge in [-0.1, -0.05) is 38.5 Å². The third kappa shape index (κ3) is 4.56. The van der Waals surface area contributed by atoms with Crippen molar-refractivity contribution in [2.45, 2.75) is 76.4 Å². The molecule has 0 aromatic heterocycles. The fraction of sp³-hybridized carbons (Fsp3) is 1.00. The molecule has 0 radical (unpaired) electrons. The van der Waals surface area contributed by atoms with Gasteiger partial charge in [-0.3, -0.25) is 0 Å². The highest BCUT2D eigenvalue weighted by atomic mass is 32.3. The maximum Gasteiger partial charge on any atom is 0.400 e. The van der Waals surface area contributed by atoms with E-state index in [9.17, 15) is 8.42 Å². The van der Waals surface area contributed by atoms with Gasteiger partial charge in [0, 0.05) is 0 Å². The van der Waals surface area contributed by atoms with E-state index in [1.54, 1.807) is 0 Å². The van der Waals surface area contributed by atoms with Crippen LogP contribution in [-0.4, -0.2) is 20.6 Å². The van der Waals surface area contributed by atoms with E-state index in [4.69, 9.17) is 8.37 Å². The van der Waals surface area contributed by atoms with Gasteiger partial charge in [-0.2, -0.15) is 8.42 Å². The summed E-state index contributed by atoms with van der Waals surface area (Å²) in [5.74, 6) is 0. The summed E-state index contributed by atoms with van der Waals surface area (Å²) in [7, 11) is -3.78. The molecule has 4 nitrogen and oxygen atoms in total. The van der Waals surface area contributed by atoms with Crippen molar-refractivity contribution in [3.8, 4) is 0 Å². The first kappa shape index (κ1) is 13.3. The summed E-state index contributed by atoms with van der Waals surface area (Å²) in [5, 5.41) is 0. The van der Waals surface area contributed by atoms with Crippen molar-refractivity contribution in [1.29, 1.82) is 0 Å². The predicted molar refractivity (Wildman–Crippen MR) is 64.8 cm³/mol. The van der Waals surface area contributed by atoms with Crippen LogP contribution in [0.5, 0.6) is 0 Å². The average molecular weight is 262 g/mol. The minimum atomic E-state index is -3.78. The molecule has 2 saturated carbocycles. The molecule has 0 atom stereocenters. The van der Waals surface area contributed by atoms with Gasteiger partial charge in [-0.25, -0.2) is 8.37 Å². The van der Waals surface area contributed by atoms with Crippen molar-refractivity contribution in [2.75, 3.05) is 0 Å². The second-order valence-electron chi connectivity index (χ2n) is 5.12. The van der Waals surface area contributed by atoms with Crippen LogP contribution in [0, 0.1) is 0 Å². The van der Waals surface area contributed by atoms with Gasteiger partial charge >= 0.3 is 10.4 Å². The molecule has 2 rings (SSSR count). The Morgan fingerprint density at radius 2 is 1.00 bits per heavy atom. The van der Waals surface area contributed by atoms with Crippen LogP contribution in [0.4, 0.5) is 0 Å². The molecule has 0 amide bonds. The zero-order valence-electron chi connectivity index (χ0n) is 10.3. The number of rotatable bonds is 4. The van der Waals surface area contributed by atoms with Gasteiger partial charge < -0.3 is 0 Å². The van der Waals surface area contributed by atoms with Crippen LogP contribution in [0.25, 0.3) is 0 Å². The highest BCUT2D eigenvalue weighted by Gasteiger charge is 2.26. The number of hydrogen-bond donors (Lipinski definition) is 0. The van der Waals surface area contributed by atoms with Crippen LogP contribution < -0.4 is 0 Å². The van der Waals surface area contributed by atoms with Gasteiger partial charge in [0.2, 0.25) is 0 Å². The van der Waals surface area contributed by atoms with E-state index in [2.05, 4.69) is 0 Å². The van der Waals surface area contributed by atoms with E-state index in [-0.39, 0.29) is 12.2 Å². The Morgan fingerprint density at radius 3 is 1.35 bits per heavy atom. The predicted octanol–water partition coefficient (Wildman–Crippen LogP) is 2.93. The quantitative estimate of drug-likeness (QED) is 0.781. The molecule has 2 aliphatic rings. The van der Waals surface area contributed by atoms with Crippen LogP contribution in [0.15, 0.2) is 0 Å². The van der Waals surface area contributed by atoms with E-state index in [0.29, 0.717) is 0 Å². The fourth-order valence-corrected chi connectivity index (χ4v) is 3.78. The monoisotopic (exact) mass is 262 g/mol. The molecule has 17 heavy (non-hydrogen) atoms. The average Bonchev–Trinajstić information content (AvgIpc) is 2.30. The topological polar surface area (TPSA) is 52.6 Å². The summed E-state index contributed by atoms with van der Waals surface area (Å²) in [6.45, 7) is 0. The van der Waals surface area contributed by atoms with Gasteiger partial charge in [-0.15, -0.1) is 0 Å². The molecule has 2 aliphatic carbocycles. The van der Waals surface area contributed by atoms with Gasteiger partial charge in [0.05, 0.1) is 12.2 Å². The molecule has 0 aromatic carbocycles. The summed E-state index contributed by atoms with van der Waals surface area (Å²) >= 11 is 0. The van der Waals surface area contributed by atoms with Crippen molar-refractivity contribution >= 4 is 10.4 Å². The Balaban J connectivity index is 1.80. The molecule has 0 heterocycles. The molecule has 0 bridgehead atoms. The Bertz CT molecular complexity index is 287. The third-order valence-corrected chi connectivity index (χ3v) is 4.63. The van der Waals surface area contributed by atoms with Gasteiger partial charge in [0.1, 0.15) is 0 Å². The van der Waals surface area contributed by atoms with E-state index in [1.165, 1.54) is 12.8 Å². The maximum atomic E-state index is 11.7. The Kier molecular flexibility index (Phi) is 4.82. The summed E-state index contributed by atoms with van der Waals surface area (Å²) in [5.41, 5.74) is 0. The van der Waals surface area contributed by atoms with Gasteiger partial charge in [-0.05, 0) is 25.7 Å². The van der Waals surface area contributed by atoms with E-state index >= 15 is 0 Å². The lowest BCUT2D eigenvalue weighted by Crippen LogP contribution is -2.27. The van der Waals surface area contributed by atoms with Crippen molar-refractivity contribution in [1.82, 2.24) is 0 Å². The molecule has 0 spiro atoms. The SMILES string of the molecule is O=S(=O)(OC1CCCCC1)OC1CCCCC1. The van der Waals surface area contributed by atoms with Gasteiger partial charge in [0.15, 0.2) is 0 Å². The van der Waals surface area contributed by atoms with Crippen LogP contribution in [0.3, 0.4) is 0 Å². The van der Waals surface area contributed by atoms with Crippen molar-refractivity contribution in [3.63, 3.8) is 0 Å². The summed E-state index contributed by atoms with van der Waals surface area (Å²) < 4.78 is 33.7. The molecule has 100 valence electrons. The highest BCUT2D eigenvalue weighted by Crippen LogP contribution is 2.25. The third-order valence-electron chi connectivity index (χ3n) is 3.61. The zero-order chi connectivity index (χ0) is 12.1. The fourth-order valence-electron chi connectivity index (χ4n) is 2.68. The Hall–Kier alpha value is -0.130. The van der Waals surface area contributed by atoms with E-state index < -0.39 is 10.4 Å². The smallest absolute Gasteiger partial charge is 0.245 e. The second-order valence-corrected chi connectivity index (χ2v) is 6.32. The van der Waals surface area contributed by atoms with Crippen LogP contribution in [0.2, 0.25) is 0 Å². The zero-order valence-corrected chi connectivity index (χ0v) is 11.1. The normalized spacial score (nSPS) is 24.9. The molecule has 0 saturated heterocycles. The summed E-state index contributed by atoms with van der Waals surface area (Å²) in [4.78, 5) is 0. The standard InChI is InChI=1S/C12H22O4S/c13-17(14,15-11-7-3-1-4-8-11)16-12-9-5-2-6-10-12/h11-12H,1-10H2. The minimum absolute atomic E-state index is 0.155. The number of hydrogen-bond acceptors (Lipinski definition) is 4. The summed E-state index contributed by atoms with van der Waals surface area (Å²) in [6, 6.07) is 0. The molecule has 0 aliphatic heterocycles. The molecular formula is C12H22O4S. The lowest BCUT2D eigenvalue weighted by molar-refractivity contribution is 0.0883. The van der Waals surface area contributed by atoms with Crippen molar-refractivity contribution in [3.05, 3.63) is 0 Å². The molecular weight excluding hydrogens is 240 g/mol. The van der Waals surface area contributed by atoms with E-state index in [0.717, 1.165) is 51.4 Å². The van der Waals surface area contributed by atoms with E-state index in [1.807, 2.05) is 0 Å². The molecule has 0 aromatic rings. The maximum absolute atomic E-state index is 11.7. The summed E-state index contributed by atoms with van der Waals surface area (Å²) in [6.07, 6.45) is 9.66. The molecule has 5 heteroatoms. The first-order valence-corrected chi connectivity index (χ1v) is 8.10. The largest absolute Gasteiger partial charge is 0.400 e. The van der Waals surface area contributed by atoms with Crippen LogP contribution in [0.1, 0.15) is 64.2 Å². The Morgan fingerprint density at radius 1 is 0.647 bits per heavy atom. The van der Waals surface area contributed by atoms with Crippen molar-refractivity contribution in [2.24, 2.45) is 0 Å². The minimum Gasteiger partial charge on any atom is -0.245 e. The molecule has 0 N–H and O–H groups in total. The molecule has 2 fully saturated rings. The van der Waals surface area contributed by atoms with Gasteiger partial charge in [0.25, 0.3) is 0 Å². The first-order valence-electron chi connectivity index (χ1n) is 6.77. The second kappa shape index (κ2) is 6.16. The van der Waals surface area contributed by atoms with Crippen molar-refractivity contribution < 1.29 is 16.8 Å². The molecule has 0 unspecified atom stereocenters. The first-order chi connectivity index (χ1) is 8.16. The van der Waals surface area contributed by atoms with Crippen LogP contribution >= 0.6 is 0 Å². The van der Waals surface area contributed by atoms with Crippen LogP contribution in [-0.2, 0) is 18.8 Å². The lowest BCUT2D eigenvalue weighted by atomic mass is 9.98.